The lowest BCUT2D eigenvalue weighted by Crippen LogP contribution is -2.03. The van der Waals surface area contributed by atoms with Gasteiger partial charge in [-0.15, -0.1) is 0 Å². The highest BCUT2D eigenvalue weighted by Crippen LogP contribution is 2.19. The van der Waals surface area contributed by atoms with Gasteiger partial charge < -0.3 is 5.11 Å². The minimum Gasteiger partial charge on any atom is -0.478 e. The molecule has 0 saturated heterocycles. The monoisotopic (exact) mass is 195 g/mol. The average molecular weight is 196 g/mol. The molecule has 0 unspecified atom stereocenters. The molecule has 0 amide bonds. The molecule has 1 aromatic carbocycles. The van der Waals surface area contributed by atoms with Crippen molar-refractivity contribution in [2.75, 3.05) is 0 Å². The van der Waals surface area contributed by atoms with E-state index in [9.17, 15) is 4.79 Å². The van der Waals surface area contributed by atoms with E-state index in [-0.39, 0.29) is 11.1 Å². The third kappa shape index (κ3) is 1.79. The van der Waals surface area contributed by atoms with Crippen LogP contribution >= 0.6 is 11.6 Å². The van der Waals surface area contributed by atoms with E-state index in [1.807, 2.05) is 0 Å². The molecule has 0 radical (unpaired) electrons. The number of hydrogen-bond donors (Lipinski definition) is 1. The molecule has 66 valence electrons. The maximum Gasteiger partial charge on any atom is 0.337 e. The summed E-state index contributed by atoms with van der Waals surface area (Å²) < 4.78 is 0. The van der Waals surface area contributed by atoms with Crippen molar-refractivity contribution >= 4 is 17.6 Å². The molecule has 3 nitrogen and oxygen atoms in total. The molecule has 1 N–H and O–H groups in total. The SMILES string of the molecule is Cc1cc(Cl)cc(C#N)c1C(=O)O. The average Bonchev–Trinajstić information content (AvgIpc) is 2.01. The van der Waals surface area contributed by atoms with E-state index in [1.165, 1.54) is 12.1 Å². The van der Waals surface area contributed by atoms with Crippen molar-refractivity contribution in [1.29, 1.82) is 5.26 Å². The van der Waals surface area contributed by atoms with Gasteiger partial charge in [-0.1, -0.05) is 11.6 Å². The molecule has 0 aromatic heterocycles. The molecular formula is C9H6ClNO2. The first-order valence-corrected chi connectivity index (χ1v) is 3.87. The summed E-state index contributed by atoms with van der Waals surface area (Å²) in [5.41, 5.74) is 0.612. The topological polar surface area (TPSA) is 61.1 Å². The third-order valence-electron chi connectivity index (χ3n) is 1.63. The number of aromatic carboxylic acids is 1. The largest absolute Gasteiger partial charge is 0.478 e. The Morgan fingerprint density at radius 1 is 1.62 bits per heavy atom. The van der Waals surface area contributed by atoms with Gasteiger partial charge in [-0.25, -0.2) is 4.79 Å². The minimum atomic E-state index is -1.11. The number of carboxylic acids is 1. The first-order chi connectivity index (χ1) is 6.06. The fraction of sp³-hybridized carbons (Fsp3) is 0.111. The molecule has 0 fully saturated rings. The van der Waals surface area contributed by atoms with Crippen molar-refractivity contribution < 1.29 is 9.90 Å². The zero-order chi connectivity index (χ0) is 10.0. The molecule has 0 bridgehead atoms. The summed E-state index contributed by atoms with van der Waals surface area (Å²) in [6.45, 7) is 1.61. The quantitative estimate of drug-likeness (QED) is 0.748. The molecule has 0 saturated carbocycles. The van der Waals surface area contributed by atoms with Crippen molar-refractivity contribution in [2.45, 2.75) is 6.92 Å². The third-order valence-corrected chi connectivity index (χ3v) is 1.85. The zero-order valence-electron chi connectivity index (χ0n) is 6.84. The number of hydrogen-bond acceptors (Lipinski definition) is 2. The van der Waals surface area contributed by atoms with Gasteiger partial charge in [0.2, 0.25) is 0 Å². The number of aryl methyl sites for hydroxylation is 1. The van der Waals surface area contributed by atoms with E-state index >= 15 is 0 Å². The molecule has 0 atom stereocenters. The van der Waals surface area contributed by atoms with Crippen molar-refractivity contribution in [1.82, 2.24) is 0 Å². The minimum absolute atomic E-state index is 0.0203. The Kier molecular flexibility index (Phi) is 2.54. The Hall–Kier alpha value is -1.53. The van der Waals surface area contributed by atoms with Gasteiger partial charge in [-0.3, -0.25) is 0 Å². The van der Waals surface area contributed by atoms with E-state index in [1.54, 1.807) is 13.0 Å². The summed E-state index contributed by atoms with van der Waals surface area (Å²) in [5.74, 6) is -1.11. The van der Waals surface area contributed by atoms with Gasteiger partial charge in [0.05, 0.1) is 11.1 Å². The van der Waals surface area contributed by atoms with Crippen LogP contribution in [0.1, 0.15) is 21.5 Å². The van der Waals surface area contributed by atoms with Crippen LogP contribution in [0.15, 0.2) is 12.1 Å². The van der Waals surface area contributed by atoms with Crippen molar-refractivity contribution in [3.8, 4) is 6.07 Å². The van der Waals surface area contributed by atoms with Crippen molar-refractivity contribution in [3.63, 3.8) is 0 Å². The number of halogens is 1. The Balaban J connectivity index is 3.50. The van der Waals surface area contributed by atoms with Gasteiger partial charge in [-0.2, -0.15) is 5.26 Å². The molecule has 1 rings (SSSR count). The second-order valence-corrected chi connectivity index (χ2v) is 3.00. The van der Waals surface area contributed by atoms with Gasteiger partial charge in [-0.05, 0) is 24.6 Å². The second kappa shape index (κ2) is 3.46. The molecule has 0 spiro atoms. The summed E-state index contributed by atoms with van der Waals surface area (Å²) in [7, 11) is 0. The molecule has 0 aliphatic heterocycles. The van der Waals surface area contributed by atoms with Crippen LogP contribution in [0.4, 0.5) is 0 Å². The molecular weight excluding hydrogens is 190 g/mol. The number of nitriles is 1. The van der Waals surface area contributed by atoms with E-state index in [0.29, 0.717) is 10.6 Å². The molecule has 4 heteroatoms. The number of nitrogens with zero attached hydrogens (tertiary/aromatic N) is 1. The standard InChI is InChI=1S/C9H6ClNO2/c1-5-2-7(10)3-6(4-11)8(5)9(12)13/h2-3H,1H3,(H,12,13). The first kappa shape index (κ1) is 9.56. The lowest BCUT2D eigenvalue weighted by atomic mass is 10.0. The predicted octanol–water partition coefficient (Wildman–Crippen LogP) is 2.22. The lowest BCUT2D eigenvalue weighted by Gasteiger charge is -2.02. The molecule has 0 aliphatic rings. The number of benzene rings is 1. The van der Waals surface area contributed by atoms with Crippen LogP contribution in [-0.4, -0.2) is 11.1 Å². The van der Waals surface area contributed by atoms with Crippen LogP contribution in [0, 0.1) is 18.3 Å². The maximum atomic E-state index is 10.7. The van der Waals surface area contributed by atoms with Gasteiger partial charge in [0.25, 0.3) is 0 Å². The van der Waals surface area contributed by atoms with E-state index in [4.69, 9.17) is 22.0 Å². The Bertz CT molecular complexity index is 407. The van der Waals surface area contributed by atoms with E-state index in [2.05, 4.69) is 0 Å². The normalized spacial score (nSPS) is 9.31. The lowest BCUT2D eigenvalue weighted by molar-refractivity contribution is 0.0696. The molecule has 0 aliphatic carbocycles. The fourth-order valence-corrected chi connectivity index (χ4v) is 1.39. The van der Waals surface area contributed by atoms with Crippen LogP contribution in [-0.2, 0) is 0 Å². The Labute approximate surface area is 80.2 Å². The maximum absolute atomic E-state index is 10.7. The Morgan fingerprint density at radius 3 is 2.69 bits per heavy atom. The van der Waals surface area contributed by atoms with Gasteiger partial charge in [0.15, 0.2) is 0 Å². The van der Waals surface area contributed by atoms with Crippen LogP contribution < -0.4 is 0 Å². The van der Waals surface area contributed by atoms with Gasteiger partial charge >= 0.3 is 5.97 Å². The summed E-state index contributed by atoms with van der Waals surface area (Å²) in [6, 6.07) is 4.66. The van der Waals surface area contributed by atoms with Gasteiger partial charge in [0, 0.05) is 5.02 Å². The summed E-state index contributed by atoms with van der Waals surface area (Å²) in [6.07, 6.45) is 0. The van der Waals surface area contributed by atoms with Crippen LogP contribution in [0.2, 0.25) is 5.02 Å². The van der Waals surface area contributed by atoms with E-state index < -0.39 is 5.97 Å². The summed E-state index contributed by atoms with van der Waals surface area (Å²) >= 11 is 5.66. The van der Waals surface area contributed by atoms with Crippen LogP contribution in [0.5, 0.6) is 0 Å². The molecule has 13 heavy (non-hydrogen) atoms. The van der Waals surface area contributed by atoms with Crippen molar-refractivity contribution in [3.05, 3.63) is 33.8 Å². The van der Waals surface area contributed by atoms with E-state index in [0.717, 1.165) is 0 Å². The van der Waals surface area contributed by atoms with Gasteiger partial charge in [0.1, 0.15) is 6.07 Å². The van der Waals surface area contributed by atoms with Crippen LogP contribution in [0.25, 0.3) is 0 Å². The van der Waals surface area contributed by atoms with Crippen LogP contribution in [0.3, 0.4) is 0 Å². The predicted molar refractivity (Wildman–Crippen MR) is 47.9 cm³/mol. The Morgan fingerprint density at radius 2 is 2.23 bits per heavy atom. The highest BCUT2D eigenvalue weighted by Gasteiger charge is 2.13. The fourth-order valence-electron chi connectivity index (χ4n) is 1.12. The zero-order valence-corrected chi connectivity index (χ0v) is 7.59. The highest BCUT2D eigenvalue weighted by molar-refractivity contribution is 6.30. The number of rotatable bonds is 1. The smallest absolute Gasteiger partial charge is 0.337 e. The highest BCUT2D eigenvalue weighted by atomic mass is 35.5. The summed E-state index contributed by atoms with van der Waals surface area (Å²) in [4.78, 5) is 10.7. The van der Waals surface area contributed by atoms with Crippen molar-refractivity contribution in [2.24, 2.45) is 0 Å². The first-order valence-electron chi connectivity index (χ1n) is 3.50. The summed E-state index contributed by atoms with van der Waals surface area (Å²) in [5, 5.41) is 17.8. The number of carboxylic acid groups (broad SMARTS) is 1. The molecule has 0 heterocycles. The number of carbonyl (C=O) groups is 1. The second-order valence-electron chi connectivity index (χ2n) is 2.56. The molecule has 1 aromatic rings.